The van der Waals surface area contributed by atoms with Gasteiger partial charge in [-0.15, -0.1) is 16.5 Å². The smallest absolute Gasteiger partial charge is 0.391 e. The molecule has 4 aromatic rings. The molecule has 0 amide bonds. The number of aromatic nitrogens is 3. The minimum absolute atomic E-state index is 0.0189. The van der Waals surface area contributed by atoms with Crippen molar-refractivity contribution in [1.82, 2.24) is 14.8 Å². The summed E-state index contributed by atoms with van der Waals surface area (Å²) in [5.41, 5.74) is 4.24. The lowest BCUT2D eigenvalue weighted by molar-refractivity contribution is -0.179. The van der Waals surface area contributed by atoms with Crippen LogP contribution in [0.3, 0.4) is 0 Å². The number of thiazole rings is 1. The van der Waals surface area contributed by atoms with Crippen molar-refractivity contribution in [1.29, 1.82) is 0 Å². The third kappa shape index (κ3) is 6.42. The van der Waals surface area contributed by atoms with Crippen LogP contribution < -0.4 is 10.0 Å². The molecule has 2 aromatic carbocycles. The van der Waals surface area contributed by atoms with Gasteiger partial charge in [0.25, 0.3) is 0 Å². The maximum atomic E-state index is 14.8. The molecule has 1 saturated heterocycles. The molecule has 2 fully saturated rings. The average molecular weight is 649 g/mol. The summed E-state index contributed by atoms with van der Waals surface area (Å²) in [6, 6.07) is 11.9. The summed E-state index contributed by atoms with van der Waals surface area (Å²) in [4.78, 5) is 17.8. The largest absolute Gasteiger partial charge is 0.476 e. The van der Waals surface area contributed by atoms with Crippen LogP contribution in [0.1, 0.15) is 53.0 Å². The molecular weight excluding hydrogens is 618 g/mol. The number of piperidine rings is 1. The van der Waals surface area contributed by atoms with E-state index in [1.807, 2.05) is 29.2 Å². The summed E-state index contributed by atoms with van der Waals surface area (Å²) in [6.45, 7) is 0.544. The molecule has 1 saturated carbocycles. The first-order valence-corrected chi connectivity index (χ1v) is 16.4. The second-order valence-corrected chi connectivity index (χ2v) is 13.3. The van der Waals surface area contributed by atoms with Gasteiger partial charge in [0.2, 0.25) is 10.0 Å². The molecule has 44 heavy (non-hydrogen) atoms. The van der Waals surface area contributed by atoms with Crippen molar-refractivity contribution in [2.24, 2.45) is 17.0 Å². The van der Waals surface area contributed by atoms with Gasteiger partial charge in [-0.25, -0.2) is 18.9 Å². The molecular formula is C30H30F4N5O3S2+. The van der Waals surface area contributed by atoms with Crippen molar-refractivity contribution in [2.45, 2.75) is 49.6 Å². The molecule has 2 aliphatic rings. The van der Waals surface area contributed by atoms with Gasteiger partial charge in [0.05, 0.1) is 17.3 Å². The van der Waals surface area contributed by atoms with E-state index in [4.69, 9.17) is 10.2 Å². The molecule has 0 bridgehead atoms. The van der Waals surface area contributed by atoms with Gasteiger partial charge in [0.1, 0.15) is 0 Å². The maximum absolute atomic E-state index is 14.8. The van der Waals surface area contributed by atoms with Crippen LogP contribution in [0.2, 0.25) is 0 Å². The van der Waals surface area contributed by atoms with Crippen LogP contribution in [0.15, 0.2) is 52.7 Å². The second kappa shape index (κ2) is 12.1. The standard InChI is InChI=1S/C30H29F4N5O3S2/c31-23-13-18(6-7-26(23)44(35)42)12-22-25(14-17-4-5-17)39(29-36-24(16-43-29)28(40)41)37-27(22)19-2-1-3-21(15-19)38-10-8-20(9-11-38)30(32,33)34/h1-3,6-7,13,15-17,20H,4-5,8-12,14H2,(H2,35,42)(H,40,41)/p+1. The molecule has 14 heteroatoms. The van der Waals surface area contributed by atoms with Crippen LogP contribution in [0.5, 0.6) is 0 Å². The van der Waals surface area contributed by atoms with Crippen LogP contribution in [0, 0.1) is 17.7 Å². The topological polar surface area (TPSA) is 114 Å². The highest BCUT2D eigenvalue weighted by molar-refractivity contribution is 7.82. The Balaban J connectivity index is 1.43. The molecule has 1 aliphatic carbocycles. The number of anilines is 1. The van der Waals surface area contributed by atoms with Crippen LogP contribution in [0.25, 0.3) is 16.4 Å². The summed E-state index contributed by atoms with van der Waals surface area (Å²) in [7, 11) is -2.35. The molecule has 1 atom stereocenters. The third-order valence-electron chi connectivity index (χ3n) is 8.23. The number of aromatic carboxylic acids is 1. The third-order valence-corrected chi connectivity index (χ3v) is 9.89. The normalized spacial score (nSPS) is 16.8. The number of carbonyl (C=O) groups is 1. The number of nitrogens with zero attached hydrogens (tertiary/aromatic N) is 4. The number of carboxylic acids is 1. The van der Waals surface area contributed by atoms with Gasteiger partial charge >= 0.3 is 12.1 Å². The van der Waals surface area contributed by atoms with Crippen molar-refractivity contribution in [3.63, 3.8) is 0 Å². The molecule has 6 rings (SSSR count). The number of thiol groups is 1. The predicted octanol–water partition coefficient (Wildman–Crippen LogP) is 6.08. The SMILES string of the molecule is N[SH+](=O)c1ccc(Cc2c(-c3cccc(N4CCC(C(F)(F)F)CC4)c3)nn(-c3nc(C(=O)O)cs3)c2CC2CC2)cc1F. The summed E-state index contributed by atoms with van der Waals surface area (Å²) < 4.78 is 68.1. The van der Waals surface area contributed by atoms with E-state index >= 15 is 0 Å². The van der Waals surface area contributed by atoms with Crippen molar-refractivity contribution in [2.75, 3.05) is 18.0 Å². The van der Waals surface area contributed by atoms with Gasteiger partial charge in [-0.3, -0.25) is 0 Å². The minimum atomic E-state index is -4.21. The van der Waals surface area contributed by atoms with Crippen LogP contribution in [-0.2, 0) is 28.0 Å². The lowest BCUT2D eigenvalue weighted by Gasteiger charge is -2.34. The van der Waals surface area contributed by atoms with Crippen LogP contribution >= 0.6 is 11.3 Å². The van der Waals surface area contributed by atoms with E-state index in [1.165, 1.54) is 17.5 Å². The van der Waals surface area contributed by atoms with Gasteiger partial charge in [0, 0.05) is 41.7 Å². The first-order chi connectivity index (χ1) is 21.0. The lowest BCUT2D eigenvalue weighted by Crippen LogP contribution is -2.39. The predicted molar refractivity (Wildman–Crippen MR) is 160 cm³/mol. The molecule has 3 N–H and O–H groups in total. The number of hydrogen-bond acceptors (Lipinski definition) is 6. The van der Waals surface area contributed by atoms with Gasteiger partial charge in [-0.1, -0.05) is 22.4 Å². The highest BCUT2D eigenvalue weighted by atomic mass is 32.2. The number of alkyl halides is 3. The molecule has 232 valence electrons. The van der Waals surface area contributed by atoms with E-state index < -0.39 is 34.9 Å². The number of carboxylic acid groups (broad SMARTS) is 1. The monoisotopic (exact) mass is 648 g/mol. The van der Waals surface area contributed by atoms with Crippen LogP contribution in [-0.4, -0.2) is 45.1 Å². The Morgan fingerprint density at radius 2 is 1.86 bits per heavy atom. The molecule has 0 spiro atoms. The quantitative estimate of drug-likeness (QED) is 0.129. The molecule has 8 nitrogen and oxygen atoms in total. The average Bonchev–Trinajstić information content (AvgIpc) is 3.54. The molecule has 0 radical (unpaired) electrons. The summed E-state index contributed by atoms with van der Waals surface area (Å²) in [5, 5.41) is 21.7. The van der Waals surface area contributed by atoms with Crippen molar-refractivity contribution < 1.29 is 31.7 Å². The van der Waals surface area contributed by atoms with Crippen molar-refractivity contribution >= 4 is 34.0 Å². The number of halogens is 4. The van der Waals surface area contributed by atoms with Crippen molar-refractivity contribution in [3.8, 4) is 16.4 Å². The molecule has 3 heterocycles. The molecule has 1 unspecified atom stereocenters. The molecule has 2 aromatic heterocycles. The van der Waals surface area contributed by atoms with E-state index in [0.29, 0.717) is 28.7 Å². The van der Waals surface area contributed by atoms with E-state index in [0.717, 1.165) is 46.7 Å². The highest BCUT2D eigenvalue weighted by Gasteiger charge is 2.41. The van der Waals surface area contributed by atoms with Crippen LogP contribution in [0.4, 0.5) is 23.2 Å². The van der Waals surface area contributed by atoms with Gasteiger partial charge < -0.3 is 10.0 Å². The first kappa shape index (κ1) is 30.4. The van der Waals surface area contributed by atoms with Gasteiger partial charge in [0.15, 0.2) is 22.5 Å². The molecule has 1 aliphatic heterocycles. The minimum Gasteiger partial charge on any atom is -0.476 e. The zero-order valence-corrected chi connectivity index (χ0v) is 25.1. The first-order valence-electron chi connectivity index (χ1n) is 14.2. The zero-order chi connectivity index (χ0) is 31.2. The van der Waals surface area contributed by atoms with E-state index in [2.05, 4.69) is 4.98 Å². The van der Waals surface area contributed by atoms with Crippen molar-refractivity contribution in [3.05, 3.63) is 76.2 Å². The Morgan fingerprint density at radius 1 is 1.11 bits per heavy atom. The van der Waals surface area contributed by atoms with E-state index in [9.17, 15) is 31.7 Å². The number of rotatable bonds is 9. The summed E-state index contributed by atoms with van der Waals surface area (Å²) >= 11 is 1.15. The Hall–Kier alpha value is -3.62. The summed E-state index contributed by atoms with van der Waals surface area (Å²) in [6.07, 6.45) is -1.17. The Kier molecular flexibility index (Phi) is 8.33. The Labute approximate surface area is 257 Å². The Morgan fingerprint density at radius 3 is 2.48 bits per heavy atom. The fourth-order valence-corrected chi connectivity index (χ4v) is 6.95. The fourth-order valence-electron chi connectivity index (χ4n) is 5.68. The lowest BCUT2D eigenvalue weighted by atomic mass is 9.95. The van der Waals surface area contributed by atoms with E-state index in [1.54, 1.807) is 10.7 Å². The highest BCUT2D eigenvalue weighted by Crippen LogP contribution is 2.40. The Bertz CT molecular complexity index is 1730. The summed E-state index contributed by atoms with van der Waals surface area (Å²) in [5.74, 6) is -2.72. The zero-order valence-electron chi connectivity index (χ0n) is 23.4. The number of nitrogens with two attached hydrogens (primary N) is 1. The fraction of sp³-hybridized carbons (Fsp3) is 0.367. The van der Waals surface area contributed by atoms with Gasteiger partial charge in [-0.05, 0) is 67.9 Å². The maximum Gasteiger partial charge on any atom is 0.391 e. The second-order valence-electron chi connectivity index (χ2n) is 11.3. The number of benzene rings is 2. The number of hydrogen-bond donors (Lipinski definition) is 2. The van der Waals surface area contributed by atoms with Gasteiger partial charge in [-0.2, -0.15) is 18.3 Å². The van der Waals surface area contributed by atoms with E-state index in [-0.39, 0.29) is 42.9 Å².